The molecule has 0 aliphatic heterocycles. The summed E-state index contributed by atoms with van der Waals surface area (Å²) in [6.45, 7) is -0.0926. The van der Waals surface area contributed by atoms with Crippen LogP contribution in [0.4, 0.5) is 11.4 Å². The van der Waals surface area contributed by atoms with E-state index in [0.29, 0.717) is 17.0 Å². The quantitative estimate of drug-likeness (QED) is 0.710. The van der Waals surface area contributed by atoms with Crippen LogP contribution < -0.4 is 15.4 Å². The van der Waals surface area contributed by atoms with Crippen molar-refractivity contribution in [2.45, 2.75) is 0 Å². The Kier molecular flexibility index (Phi) is 5.62. The van der Waals surface area contributed by atoms with E-state index in [1.54, 1.807) is 36.4 Å². The lowest BCUT2D eigenvalue weighted by molar-refractivity contribution is -0.118. The maximum atomic E-state index is 12.1. The molecule has 0 heterocycles. The van der Waals surface area contributed by atoms with E-state index in [9.17, 15) is 9.59 Å². The second-order valence-electron chi connectivity index (χ2n) is 5.55. The first-order valence-electron chi connectivity index (χ1n) is 8.15. The highest BCUT2D eigenvalue weighted by Crippen LogP contribution is 2.16. The monoisotopic (exact) mass is 346 g/mol. The van der Waals surface area contributed by atoms with E-state index in [4.69, 9.17) is 4.74 Å². The van der Waals surface area contributed by atoms with Gasteiger partial charge in [-0.2, -0.15) is 0 Å². The maximum Gasteiger partial charge on any atom is 0.262 e. The van der Waals surface area contributed by atoms with Crippen molar-refractivity contribution in [1.82, 2.24) is 0 Å². The predicted octanol–water partition coefficient (Wildman–Crippen LogP) is 3.96. The molecule has 2 amide bonds. The van der Waals surface area contributed by atoms with Gasteiger partial charge in [-0.05, 0) is 48.5 Å². The lowest BCUT2D eigenvalue weighted by Gasteiger charge is -2.09. The molecule has 3 rings (SSSR count). The zero-order chi connectivity index (χ0) is 18.2. The fraction of sp³-hybridized carbons (Fsp3) is 0.0476. The fourth-order valence-electron chi connectivity index (χ4n) is 2.29. The largest absolute Gasteiger partial charge is 0.484 e. The molecule has 0 fully saturated rings. The summed E-state index contributed by atoms with van der Waals surface area (Å²) in [6, 6.07) is 25.0. The topological polar surface area (TPSA) is 67.4 Å². The highest BCUT2D eigenvalue weighted by Gasteiger charge is 2.06. The van der Waals surface area contributed by atoms with Gasteiger partial charge in [0.15, 0.2) is 6.61 Å². The Morgan fingerprint density at radius 2 is 1.27 bits per heavy atom. The van der Waals surface area contributed by atoms with E-state index in [1.807, 2.05) is 48.5 Å². The molecule has 0 radical (unpaired) electrons. The van der Waals surface area contributed by atoms with Gasteiger partial charge in [0.2, 0.25) is 0 Å². The van der Waals surface area contributed by atoms with E-state index in [2.05, 4.69) is 10.6 Å². The summed E-state index contributed by atoms with van der Waals surface area (Å²) >= 11 is 0. The molecular formula is C21H18N2O3. The normalized spacial score (nSPS) is 10.0. The molecule has 0 atom stereocenters. The molecule has 0 saturated carbocycles. The van der Waals surface area contributed by atoms with Crippen molar-refractivity contribution in [3.8, 4) is 5.75 Å². The average Bonchev–Trinajstić information content (AvgIpc) is 2.69. The summed E-state index contributed by atoms with van der Waals surface area (Å²) in [4.78, 5) is 24.0. The van der Waals surface area contributed by atoms with Crippen LogP contribution in [0.3, 0.4) is 0 Å². The average molecular weight is 346 g/mol. The lowest BCUT2D eigenvalue weighted by Crippen LogP contribution is -2.20. The molecule has 0 spiro atoms. The highest BCUT2D eigenvalue weighted by molar-refractivity contribution is 6.04. The zero-order valence-electron chi connectivity index (χ0n) is 14.0. The SMILES string of the molecule is O=C(COc1ccc(NC(=O)c2ccccc2)cc1)Nc1ccccc1. The summed E-state index contributed by atoms with van der Waals surface area (Å²) in [5, 5.41) is 5.56. The van der Waals surface area contributed by atoms with Crippen molar-refractivity contribution >= 4 is 23.2 Å². The van der Waals surface area contributed by atoms with Crippen LogP contribution in [0.2, 0.25) is 0 Å². The van der Waals surface area contributed by atoms with Crippen molar-refractivity contribution in [2.24, 2.45) is 0 Å². The van der Waals surface area contributed by atoms with Gasteiger partial charge in [0.25, 0.3) is 11.8 Å². The van der Waals surface area contributed by atoms with Gasteiger partial charge in [-0.25, -0.2) is 0 Å². The number of para-hydroxylation sites is 1. The molecule has 0 aliphatic carbocycles. The first kappa shape index (κ1) is 17.2. The van der Waals surface area contributed by atoms with Crippen molar-refractivity contribution < 1.29 is 14.3 Å². The van der Waals surface area contributed by atoms with E-state index in [0.717, 1.165) is 5.69 Å². The van der Waals surface area contributed by atoms with Gasteiger partial charge in [-0.3, -0.25) is 9.59 Å². The number of benzene rings is 3. The first-order valence-corrected chi connectivity index (χ1v) is 8.15. The molecular weight excluding hydrogens is 328 g/mol. The summed E-state index contributed by atoms with van der Waals surface area (Å²) < 4.78 is 5.46. The van der Waals surface area contributed by atoms with Crippen LogP contribution in [0.25, 0.3) is 0 Å². The molecule has 3 aromatic carbocycles. The van der Waals surface area contributed by atoms with E-state index in [-0.39, 0.29) is 18.4 Å². The number of anilines is 2. The minimum absolute atomic E-state index is 0.0926. The van der Waals surface area contributed by atoms with E-state index < -0.39 is 0 Å². The molecule has 0 saturated heterocycles. The second kappa shape index (κ2) is 8.48. The molecule has 5 heteroatoms. The van der Waals surface area contributed by atoms with Crippen LogP contribution in [-0.2, 0) is 4.79 Å². The van der Waals surface area contributed by atoms with Gasteiger partial charge in [-0.15, -0.1) is 0 Å². The third kappa shape index (κ3) is 4.95. The number of hydrogen-bond acceptors (Lipinski definition) is 3. The number of ether oxygens (including phenoxy) is 1. The number of carbonyl (C=O) groups excluding carboxylic acids is 2. The Balaban J connectivity index is 1.50. The fourth-order valence-corrected chi connectivity index (χ4v) is 2.29. The summed E-state index contributed by atoms with van der Waals surface area (Å²) in [6.07, 6.45) is 0. The number of nitrogens with one attached hydrogen (secondary N) is 2. The Morgan fingerprint density at radius 1 is 0.692 bits per heavy atom. The molecule has 3 aromatic rings. The summed E-state index contributed by atoms with van der Waals surface area (Å²) in [5.41, 5.74) is 1.96. The van der Waals surface area contributed by atoms with E-state index >= 15 is 0 Å². The zero-order valence-corrected chi connectivity index (χ0v) is 14.0. The standard InChI is InChI=1S/C21H18N2O3/c24-20(22-17-9-5-2-6-10-17)15-26-19-13-11-18(12-14-19)23-21(25)16-7-3-1-4-8-16/h1-14H,15H2,(H,22,24)(H,23,25). The van der Waals surface area contributed by atoms with E-state index in [1.165, 1.54) is 0 Å². The maximum absolute atomic E-state index is 12.1. The number of hydrogen-bond donors (Lipinski definition) is 2. The molecule has 0 bridgehead atoms. The van der Waals surface area contributed by atoms with Crippen LogP contribution in [0.15, 0.2) is 84.9 Å². The molecule has 26 heavy (non-hydrogen) atoms. The molecule has 2 N–H and O–H groups in total. The van der Waals surface area contributed by atoms with Gasteiger partial charge in [0.05, 0.1) is 0 Å². The van der Waals surface area contributed by atoms with Crippen LogP contribution in [0.1, 0.15) is 10.4 Å². The Morgan fingerprint density at radius 3 is 1.92 bits per heavy atom. The minimum Gasteiger partial charge on any atom is -0.484 e. The Hall–Kier alpha value is -3.60. The summed E-state index contributed by atoms with van der Waals surface area (Å²) in [5.74, 6) is 0.130. The molecule has 0 aromatic heterocycles. The van der Waals surface area contributed by atoms with Gasteiger partial charge >= 0.3 is 0 Å². The molecule has 0 unspecified atom stereocenters. The molecule has 5 nitrogen and oxygen atoms in total. The summed E-state index contributed by atoms with van der Waals surface area (Å²) in [7, 11) is 0. The second-order valence-corrected chi connectivity index (χ2v) is 5.55. The van der Waals surface area contributed by atoms with Crippen molar-refractivity contribution in [3.05, 3.63) is 90.5 Å². The van der Waals surface area contributed by atoms with Gasteiger partial charge in [-0.1, -0.05) is 36.4 Å². The van der Waals surface area contributed by atoms with Crippen LogP contribution >= 0.6 is 0 Å². The predicted molar refractivity (Wildman–Crippen MR) is 101 cm³/mol. The van der Waals surface area contributed by atoms with Crippen molar-refractivity contribution in [3.63, 3.8) is 0 Å². The Bertz CT molecular complexity index is 863. The number of rotatable bonds is 6. The third-order valence-electron chi connectivity index (χ3n) is 3.58. The van der Waals surface area contributed by atoms with Crippen molar-refractivity contribution in [2.75, 3.05) is 17.2 Å². The molecule has 0 aliphatic rings. The number of carbonyl (C=O) groups is 2. The van der Waals surface area contributed by atoms with Gasteiger partial charge in [0, 0.05) is 16.9 Å². The van der Waals surface area contributed by atoms with Gasteiger partial charge < -0.3 is 15.4 Å². The number of amides is 2. The highest BCUT2D eigenvalue weighted by atomic mass is 16.5. The van der Waals surface area contributed by atoms with Gasteiger partial charge in [0.1, 0.15) is 5.75 Å². The smallest absolute Gasteiger partial charge is 0.262 e. The van der Waals surface area contributed by atoms with Crippen LogP contribution in [-0.4, -0.2) is 18.4 Å². The minimum atomic E-state index is -0.238. The van der Waals surface area contributed by atoms with Crippen LogP contribution in [0.5, 0.6) is 5.75 Å². The lowest BCUT2D eigenvalue weighted by atomic mass is 10.2. The van der Waals surface area contributed by atoms with Crippen molar-refractivity contribution in [1.29, 1.82) is 0 Å². The van der Waals surface area contributed by atoms with Crippen LogP contribution in [0, 0.1) is 0 Å². The Labute approximate surface area is 151 Å². The first-order chi connectivity index (χ1) is 12.7. The third-order valence-corrected chi connectivity index (χ3v) is 3.58. The molecule has 130 valence electrons.